The van der Waals surface area contributed by atoms with Gasteiger partial charge in [0.05, 0.1) is 0 Å². The highest BCUT2D eigenvalue weighted by Crippen LogP contribution is 2.17. The summed E-state index contributed by atoms with van der Waals surface area (Å²) in [7, 11) is 0. The third-order valence-electron chi connectivity index (χ3n) is 14.0. The summed E-state index contributed by atoms with van der Waals surface area (Å²) in [6, 6.07) is 0. The minimum absolute atomic E-state index is 0.0645. The van der Waals surface area contributed by atoms with Gasteiger partial charge in [-0.3, -0.25) is 14.4 Å². The quantitative estimate of drug-likeness (QED) is 0.0261. The molecule has 0 aromatic carbocycles. The molecule has 0 radical (unpaired) electrons. The minimum atomic E-state index is -0.763. The molecular weight excluding hydrogens is 853 g/mol. The Morgan fingerprint density at radius 3 is 0.797 bits per heavy atom. The van der Waals surface area contributed by atoms with E-state index < -0.39 is 6.10 Å². The zero-order valence-electron chi connectivity index (χ0n) is 46.6. The third-order valence-corrected chi connectivity index (χ3v) is 14.0. The van der Waals surface area contributed by atoms with E-state index >= 15 is 0 Å². The van der Waals surface area contributed by atoms with Crippen LogP contribution in [0.2, 0.25) is 0 Å². The van der Waals surface area contributed by atoms with Crippen LogP contribution in [-0.4, -0.2) is 37.2 Å². The van der Waals surface area contributed by atoms with Gasteiger partial charge in [-0.15, -0.1) is 0 Å². The monoisotopic (exact) mass is 971 g/mol. The first-order valence-electron chi connectivity index (χ1n) is 30.8. The molecule has 0 aromatic rings. The molecule has 406 valence electrons. The molecule has 1 unspecified atom stereocenters. The maximum Gasteiger partial charge on any atom is 0.306 e. The van der Waals surface area contributed by atoms with E-state index in [2.05, 4.69) is 45.1 Å². The first kappa shape index (κ1) is 66.9. The summed E-state index contributed by atoms with van der Waals surface area (Å²) >= 11 is 0. The number of hydrogen-bond acceptors (Lipinski definition) is 6. The average Bonchev–Trinajstić information content (AvgIpc) is 3.35. The Morgan fingerprint density at radius 2 is 0.522 bits per heavy atom. The van der Waals surface area contributed by atoms with Gasteiger partial charge in [0.2, 0.25) is 0 Å². The second kappa shape index (κ2) is 58.5. The first-order chi connectivity index (χ1) is 34.0. The second-order valence-electron chi connectivity index (χ2n) is 21.0. The summed E-state index contributed by atoms with van der Waals surface area (Å²) in [5.74, 6) is -0.844. The van der Waals surface area contributed by atoms with Gasteiger partial charge in [0.1, 0.15) is 13.2 Å². The van der Waals surface area contributed by atoms with Crippen molar-refractivity contribution >= 4 is 17.9 Å². The number of allylic oxidation sites excluding steroid dienone is 4. The smallest absolute Gasteiger partial charge is 0.306 e. The lowest BCUT2D eigenvalue weighted by atomic mass is 10.0. The Labute approximate surface area is 430 Å². The van der Waals surface area contributed by atoms with Gasteiger partial charge in [0.25, 0.3) is 0 Å². The van der Waals surface area contributed by atoms with Gasteiger partial charge in [-0.1, -0.05) is 295 Å². The molecule has 69 heavy (non-hydrogen) atoms. The summed E-state index contributed by atoms with van der Waals surface area (Å²) < 4.78 is 16.9. The molecule has 0 rings (SSSR count). The average molecular weight is 972 g/mol. The van der Waals surface area contributed by atoms with Gasteiger partial charge in [0, 0.05) is 19.3 Å². The summed E-state index contributed by atoms with van der Waals surface area (Å²) in [6.07, 6.45) is 69.1. The van der Waals surface area contributed by atoms with E-state index in [1.165, 1.54) is 238 Å². The van der Waals surface area contributed by atoms with Crippen LogP contribution >= 0.6 is 0 Å². The van der Waals surface area contributed by atoms with Crippen LogP contribution in [0, 0.1) is 0 Å². The molecular formula is C63H118O6. The lowest BCUT2D eigenvalue weighted by molar-refractivity contribution is -0.167. The molecule has 0 aliphatic carbocycles. The molecule has 0 aliphatic rings. The molecule has 0 fully saturated rings. The van der Waals surface area contributed by atoms with Gasteiger partial charge >= 0.3 is 17.9 Å². The Balaban J connectivity index is 4.05. The molecule has 0 aliphatic heterocycles. The predicted octanol–water partition coefficient (Wildman–Crippen LogP) is 20.7. The van der Waals surface area contributed by atoms with Crippen LogP contribution in [0.25, 0.3) is 0 Å². The summed E-state index contributed by atoms with van der Waals surface area (Å²) in [5.41, 5.74) is 0. The van der Waals surface area contributed by atoms with Crippen LogP contribution < -0.4 is 0 Å². The van der Waals surface area contributed by atoms with Gasteiger partial charge in [-0.25, -0.2) is 0 Å². The van der Waals surface area contributed by atoms with Gasteiger partial charge < -0.3 is 14.2 Å². The minimum Gasteiger partial charge on any atom is -0.462 e. The number of hydrogen-bond donors (Lipinski definition) is 0. The maximum absolute atomic E-state index is 12.8. The lowest BCUT2D eigenvalue weighted by Crippen LogP contribution is -2.30. The molecule has 1 atom stereocenters. The molecule has 0 saturated heterocycles. The zero-order chi connectivity index (χ0) is 50.0. The predicted molar refractivity (Wildman–Crippen MR) is 298 cm³/mol. The van der Waals surface area contributed by atoms with Gasteiger partial charge in [-0.05, 0) is 51.4 Å². The number of carbonyl (C=O) groups excluding carboxylic acids is 3. The number of carbonyl (C=O) groups is 3. The van der Waals surface area contributed by atoms with E-state index in [-0.39, 0.29) is 31.1 Å². The van der Waals surface area contributed by atoms with Crippen molar-refractivity contribution in [2.24, 2.45) is 0 Å². The largest absolute Gasteiger partial charge is 0.462 e. The Kier molecular flexibility index (Phi) is 56.7. The number of esters is 3. The van der Waals surface area contributed by atoms with Crippen molar-refractivity contribution in [2.75, 3.05) is 13.2 Å². The van der Waals surface area contributed by atoms with Crippen molar-refractivity contribution in [3.63, 3.8) is 0 Å². The molecule has 6 heteroatoms. The van der Waals surface area contributed by atoms with Crippen molar-refractivity contribution in [1.82, 2.24) is 0 Å². The van der Waals surface area contributed by atoms with Crippen molar-refractivity contribution in [3.8, 4) is 0 Å². The molecule has 0 saturated carbocycles. The fourth-order valence-electron chi connectivity index (χ4n) is 9.30. The summed E-state index contributed by atoms with van der Waals surface area (Å²) in [4.78, 5) is 38.0. The molecule has 0 heterocycles. The summed E-state index contributed by atoms with van der Waals surface area (Å²) in [5, 5.41) is 0. The lowest BCUT2D eigenvalue weighted by Gasteiger charge is -2.18. The molecule has 0 amide bonds. The van der Waals surface area contributed by atoms with Crippen LogP contribution in [0.3, 0.4) is 0 Å². The molecule has 0 bridgehead atoms. The SMILES string of the molecule is CCCCCCC/C=C\C/C=C\CCCCCCCCCCCCCCCCCCCC(=O)OCC(COC(=O)CCCCCCCCCCCCC)OC(=O)CCCCCCCCCCCCC. The number of rotatable bonds is 57. The van der Waals surface area contributed by atoms with Crippen LogP contribution in [0.1, 0.15) is 342 Å². The topological polar surface area (TPSA) is 78.9 Å². The highest BCUT2D eigenvalue weighted by molar-refractivity contribution is 5.71. The van der Waals surface area contributed by atoms with Gasteiger partial charge in [0.15, 0.2) is 6.10 Å². The normalized spacial score (nSPS) is 12.1. The van der Waals surface area contributed by atoms with Crippen molar-refractivity contribution in [1.29, 1.82) is 0 Å². The van der Waals surface area contributed by atoms with E-state index in [0.717, 1.165) is 64.2 Å². The zero-order valence-corrected chi connectivity index (χ0v) is 46.6. The second-order valence-corrected chi connectivity index (χ2v) is 21.0. The van der Waals surface area contributed by atoms with Gasteiger partial charge in [-0.2, -0.15) is 0 Å². The van der Waals surface area contributed by atoms with E-state index in [9.17, 15) is 14.4 Å². The Morgan fingerprint density at radius 1 is 0.290 bits per heavy atom. The molecule has 0 N–H and O–H groups in total. The van der Waals surface area contributed by atoms with Crippen LogP contribution in [0.15, 0.2) is 24.3 Å². The third kappa shape index (κ3) is 56.7. The van der Waals surface area contributed by atoms with Crippen molar-refractivity contribution in [3.05, 3.63) is 24.3 Å². The van der Waals surface area contributed by atoms with E-state index in [1.54, 1.807) is 0 Å². The van der Waals surface area contributed by atoms with Crippen LogP contribution in [0.5, 0.6) is 0 Å². The van der Waals surface area contributed by atoms with Crippen LogP contribution in [-0.2, 0) is 28.6 Å². The van der Waals surface area contributed by atoms with E-state index in [1.807, 2.05) is 0 Å². The molecule has 0 spiro atoms. The molecule has 6 nitrogen and oxygen atoms in total. The van der Waals surface area contributed by atoms with Crippen molar-refractivity contribution in [2.45, 2.75) is 348 Å². The first-order valence-corrected chi connectivity index (χ1v) is 30.8. The molecule has 0 aromatic heterocycles. The summed E-state index contributed by atoms with van der Waals surface area (Å²) in [6.45, 7) is 6.66. The van der Waals surface area contributed by atoms with E-state index in [0.29, 0.717) is 19.3 Å². The fourth-order valence-corrected chi connectivity index (χ4v) is 9.30. The Bertz CT molecular complexity index is 1110. The number of unbranched alkanes of at least 4 members (excludes halogenated alkanes) is 42. The van der Waals surface area contributed by atoms with E-state index in [4.69, 9.17) is 14.2 Å². The number of ether oxygens (including phenoxy) is 3. The highest BCUT2D eigenvalue weighted by Gasteiger charge is 2.19. The maximum atomic E-state index is 12.8. The van der Waals surface area contributed by atoms with Crippen molar-refractivity contribution < 1.29 is 28.6 Å². The van der Waals surface area contributed by atoms with Crippen LogP contribution in [0.4, 0.5) is 0 Å². The fraction of sp³-hybridized carbons (Fsp3) is 0.889. The highest BCUT2D eigenvalue weighted by atomic mass is 16.6. The standard InChI is InChI=1S/C63H118O6/c1-4-7-10-13-16-19-22-23-24-25-26-27-28-29-30-31-32-33-34-35-36-37-38-39-42-44-47-50-53-56-62(65)68-59-60(69-63(66)57-54-51-48-45-41-21-18-15-12-9-6-3)58-67-61(64)55-52-49-46-43-40-20-17-14-11-8-5-2/h22-23,25-26,60H,4-21,24,27-59H2,1-3H3/b23-22-,26-25-. The Hall–Kier alpha value is -2.11.